The number of halogens is 2. The number of carbonyl (C=O) groups excluding carboxylic acids is 1. The topological polar surface area (TPSA) is 88.6 Å². The molecule has 27 heavy (non-hydrogen) atoms. The highest BCUT2D eigenvalue weighted by atomic mass is 19.3. The van der Waals surface area contributed by atoms with Gasteiger partial charge in [0.05, 0.1) is 24.1 Å². The zero-order valence-electron chi connectivity index (χ0n) is 15.2. The number of nitrogens with zero attached hydrogens (tertiary/aromatic N) is 4. The van der Waals surface area contributed by atoms with E-state index in [1.807, 2.05) is 13.0 Å². The molecule has 9 heteroatoms. The van der Waals surface area contributed by atoms with Gasteiger partial charge in [-0.15, -0.1) is 0 Å². The fraction of sp³-hybridized carbons (Fsp3) is 0.611. The lowest BCUT2D eigenvalue weighted by Gasteiger charge is -2.31. The highest BCUT2D eigenvalue weighted by molar-refractivity contribution is 5.76. The van der Waals surface area contributed by atoms with Crippen molar-refractivity contribution in [2.75, 3.05) is 6.54 Å². The van der Waals surface area contributed by atoms with Gasteiger partial charge in [0.1, 0.15) is 0 Å². The van der Waals surface area contributed by atoms with E-state index in [0.717, 1.165) is 5.56 Å². The molecule has 4 rings (SSSR count). The summed E-state index contributed by atoms with van der Waals surface area (Å²) in [5.74, 6) is -2.56. The first-order valence-electron chi connectivity index (χ1n) is 9.34. The molecule has 0 aromatic carbocycles. The van der Waals surface area contributed by atoms with Crippen molar-refractivity contribution < 1.29 is 13.6 Å². The van der Waals surface area contributed by atoms with Gasteiger partial charge < -0.3 is 16.0 Å². The lowest BCUT2D eigenvalue weighted by Crippen LogP contribution is -2.31. The number of aromatic nitrogens is 3. The largest absolute Gasteiger partial charge is 0.334 e. The SMILES string of the molecule is C[C@H]1CN(Cc2cnn3cc([C@@H](N)C4CCC(F)(F)CC4)nc3c2)C(=O)N1. The number of fused-ring (bicyclic) bond motifs is 1. The number of nitrogens with two attached hydrogens (primary N) is 1. The van der Waals surface area contributed by atoms with Gasteiger partial charge in [0.2, 0.25) is 5.92 Å². The van der Waals surface area contributed by atoms with Gasteiger partial charge in [-0.3, -0.25) is 0 Å². The minimum atomic E-state index is -2.56. The van der Waals surface area contributed by atoms with Gasteiger partial charge in [0.15, 0.2) is 5.65 Å². The zero-order valence-corrected chi connectivity index (χ0v) is 15.2. The van der Waals surface area contributed by atoms with Crippen LogP contribution in [0.5, 0.6) is 0 Å². The predicted molar refractivity (Wildman–Crippen MR) is 95.2 cm³/mol. The quantitative estimate of drug-likeness (QED) is 0.855. The summed E-state index contributed by atoms with van der Waals surface area (Å²) >= 11 is 0. The molecular formula is C18H24F2N6O. The van der Waals surface area contributed by atoms with Gasteiger partial charge in [0.25, 0.3) is 0 Å². The monoisotopic (exact) mass is 378 g/mol. The van der Waals surface area contributed by atoms with Gasteiger partial charge in [-0.1, -0.05) is 0 Å². The van der Waals surface area contributed by atoms with E-state index in [-0.39, 0.29) is 36.9 Å². The molecule has 1 aliphatic heterocycles. The maximum atomic E-state index is 13.4. The molecule has 0 unspecified atom stereocenters. The first kappa shape index (κ1) is 18.1. The highest BCUT2D eigenvalue weighted by Gasteiger charge is 2.37. The van der Waals surface area contributed by atoms with Crippen LogP contribution in [0.2, 0.25) is 0 Å². The van der Waals surface area contributed by atoms with Crippen molar-refractivity contribution in [2.45, 2.75) is 57.2 Å². The van der Waals surface area contributed by atoms with Gasteiger partial charge in [0, 0.05) is 32.0 Å². The molecule has 2 aromatic rings. The van der Waals surface area contributed by atoms with Crippen molar-refractivity contribution in [1.29, 1.82) is 0 Å². The second kappa shape index (κ2) is 6.70. The maximum Gasteiger partial charge on any atom is 0.318 e. The second-order valence-corrected chi connectivity index (χ2v) is 7.78. The molecule has 0 spiro atoms. The number of urea groups is 1. The van der Waals surface area contributed by atoms with Crippen molar-refractivity contribution in [3.63, 3.8) is 0 Å². The standard InChI is InChI=1S/C18H24F2N6O/c1-11-8-25(17(27)23-11)9-12-6-15-24-14(10-26(15)22-7-12)16(21)13-2-4-18(19,20)5-3-13/h6-7,10-11,13,16H,2-5,8-9,21H2,1H3,(H,23,27)/t11-,16-/m0/s1. The minimum Gasteiger partial charge on any atom is -0.334 e. The fourth-order valence-electron chi connectivity index (χ4n) is 3.96. The Labute approximate surface area is 155 Å². The third-order valence-corrected chi connectivity index (χ3v) is 5.53. The van der Waals surface area contributed by atoms with Crippen LogP contribution in [-0.4, -0.2) is 44.0 Å². The molecule has 2 fully saturated rings. The maximum absolute atomic E-state index is 13.4. The van der Waals surface area contributed by atoms with Gasteiger partial charge >= 0.3 is 6.03 Å². The number of alkyl halides is 2. The molecule has 7 nitrogen and oxygen atoms in total. The molecule has 2 aliphatic rings. The van der Waals surface area contributed by atoms with Crippen LogP contribution in [0.4, 0.5) is 13.6 Å². The first-order valence-corrected chi connectivity index (χ1v) is 9.34. The molecule has 2 aromatic heterocycles. The third kappa shape index (κ3) is 3.73. The van der Waals surface area contributed by atoms with Gasteiger partial charge in [-0.2, -0.15) is 5.10 Å². The van der Waals surface area contributed by atoms with E-state index in [2.05, 4.69) is 15.4 Å². The number of hydrogen-bond donors (Lipinski definition) is 2. The number of hydrogen-bond acceptors (Lipinski definition) is 4. The van der Waals surface area contributed by atoms with E-state index in [9.17, 15) is 13.6 Å². The molecule has 3 heterocycles. The van der Waals surface area contributed by atoms with E-state index in [1.54, 1.807) is 21.8 Å². The average molecular weight is 378 g/mol. The molecule has 1 saturated carbocycles. The van der Waals surface area contributed by atoms with E-state index in [4.69, 9.17) is 5.73 Å². The van der Waals surface area contributed by atoms with Gasteiger partial charge in [-0.25, -0.2) is 23.1 Å². The van der Waals surface area contributed by atoms with Crippen LogP contribution in [0.1, 0.15) is 49.9 Å². The molecule has 2 amide bonds. The molecular weight excluding hydrogens is 354 g/mol. The van der Waals surface area contributed by atoms with Crippen LogP contribution < -0.4 is 11.1 Å². The summed E-state index contributed by atoms with van der Waals surface area (Å²) in [6.45, 7) is 3.08. The Morgan fingerprint density at radius 3 is 2.81 bits per heavy atom. The van der Waals surface area contributed by atoms with E-state index in [0.29, 0.717) is 37.3 Å². The third-order valence-electron chi connectivity index (χ3n) is 5.53. The molecule has 1 saturated heterocycles. The van der Waals surface area contributed by atoms with E-state index in [1.165, 1.54) is 0 Å². The summed E-state index contributed by atoms with van der Waals surface area (Å²) in [7, 11) is 0. The minimum absolute atomic E-state index is 0.00351. The Hall–Kier alpha value is -2.29. The van der Waals surface area contributed by atoms with Crippen LogP contribution in [0.3, 0.4) is 0 Å². The second-order valence-electron chi connectivity index (χ2n) is 7.78. The normalized spacial score (nSPS) is 24.4. The van der Waals surface area contributed by atoms with Crippen LogP contribution in [0.15, 0.2) is 18.5 Å². The molecule has 0 bridgehead atoms. The first-order chi connectivity index (χ1) is 12.8. The molecule has 3 N–H and O–H groups in total. The fourth-order valence-corrected chi connectivity index (χ4v) is 3.96. The zero-order chi connectivity index (χ0) is 19.2. The highest BCUT2D eigenvalue weighted by Crippen LogP contribution is 2.40. The Morgan fingerprint density at radius 2 is 2.15 bits per heavy atom. The van der Waals surface area contributed by atoms with Crippen molar-refractivity contribution in [3.05, 3.63) is 29.7 Å². The smallest absolute Gasteiger partial charge is 0.318 e. The van der Waals surface area contributed by atoms with Crippen LogP contribution >= 0.6 is 0 Å². The van der Waals surface area contributed by atoms with Crippen molar-refractivity contribution in [2.24, 2.45) is 11.7 Å². The van der Waals surface area contributed by atoms with Crippen LogP contribution in [-0.2, 0) is 6.54 Å². The van der Waals surface area contributed by atoms with Crippen molar-refractivity contribution in [1.82, 2.24) is 24.8 Å². The number of carbonyl (C=O) groups is 1. The Kier molecular flexibility index (Phi) is 4.49. The molecule has 1 aliphatic carbocycles. The number of amides is 2. The van der Waals surface area contributed by atoms with Crippen LogP contribution in [0.25, 0.3) is 5.65 Å². The van der Waals surface area contributed by atoms with E-state index < -0.39 is 5.92 Å². The van der Waals surface area contributed by atoms with E-state index >= 15 is 0 Å². The Bertz CT molecular complexity index is 843. The van der Waals surface area contributed by atoms with Crippen LogP contribution in [0, 0.1) is 5.92 Å². The summed E-state index contributed by atoms with van der Waals surface area (Å²) in [4.78, 5) is 18.2. The van der Waals surface area contributed by atoms with Crippen molar-refractivity contribution in [3.8, 4) is 0 Å². The summed E-state index contributed by atoms with van der Waals surface area (Å²) in [5.41, 5.74) is 8.51. The number of imidazole rings is 1. The summed E-state index contributed by atoms with van der Waals surface area (Å²) in [6, 6.07) is 1.56. The summed E-state index contributed by atoms with van der Waals surface area (Å²) < 4.78 is 28.4. The predicted octanol–water partition coefficient (Wildman–Crippen LogP) is 2.47. The summed E-state index contributed by atoms with van der Waals surface area (Å²) in [5, 5.41) is 7.22. The average Bonchev–Trinajstić information content (AvgIpc) is 3.17. The lowest BCUT2D eigenvalue weighted by molar-refractivity contribution is -0.0484. The number of nitrogens with one attached hydrogen (secondary N) is 1. The van der Waals surface area contributed by atoms with Crippen molar-refractivity contribution >= 4 is 11.7 Å². The Balaban J connectivity index is 1.48. The molecule has 146 valence electrons. The van der Waals surface area contributed by atoms with Gasteiger partial charge in [-0.05, 0) is 37.3 Å². The molecule has 0 radical (unpaired) electrons. The summed E-state index contributed by atoms with van der Waals surface area (Å²) in [6.07, 6.45) is 4.06. The number of rotatable bonds is 4. The molecule has 2 atom stereocenters. The lowest BCUT2D eigenvalue weighted by atomic mass is 9.81. The Morgan fingerprint density at radius 1 is 1.41 bits per heavy atom.